The van der Waals surface area contributed by atoms with Crippen LogP contribution in [0, 0.1) is 6.92 Å². The predicted molar refractivity (Wildman–Crippen MR) is 96.5 cm³/mol. The maximum Gasteiger partial charge on any atom is 0.203 e. The van der Waals surface area contributed by atoms with Crippen molar-refractivity contribution in [1.82, 2.24) is 14.5 Å². The molecule has 0 saturated carbocycles. The van der Waals surface area contributed by atoms with Gasteiger partial charge in [0.1, 0.15) is 17.2 Å². The van der Waals surface area contributed by atoms with Crippen LogP contribution in [0.3, 0.4) is 0 Å². The lowest BCUT2D eigenvalue weighted by Crippen LogP contribution is -1.93. The Morgan fingerprint density at radius 1 is 1.21 bits per heavy atom. The van der Waals surface area contributed by atoms with Crippen molar-refractivity contribution in [2.24, 2.45) is 12.1 Å². The number of benzene rings is 1. The molecule has 0 amide bonds. The fourth-order valence-electron chi connectivity index (χ4n) is 2.48. The molecule has 4 aromatic rings. The summed E-state index contributed by atoms with van der Waals surface area (Å²) in [5.74, 6) is 2.40. The normalized spacial score (nSPS) is 11.6. The van der Waals surface area contributed by atoms with E-state index in [1.807, 2.05) is 60.3 Å². The van der Waals surface area contributed by atoms with Crippen LogP contribution in [0.5, 0.6) is 0 Å². The number of anilines is 1. The molecular weight excluding hydrogens is 322 g/mol. The molecular formula is C17H15N5OS. The Morgan fingerprint density at radius 3 is 2.88 bits per heavy atom. The third-order valence-electron chi connectivity index (χ3n) is 3.63. The van der Waals surface area contributed by atoms with Crippen LogP contribution in [0.15, 0.2) is 51.3 Å². The van der Waals surface area contributed by atoms with E-state index in [0.29, 0.717) is 10.9 Å². The van der Waals surface area contributed by atoms with E-state index in [-0.39, 0.29) is 0 Å². The number of rotatable bonds is 4. The highest BCUT2D eigenvalue weighted by atomic mass is 32.1. The number of imidazole rings is 1. The first kappa shape index (κ1) is 14.6. The summed E-state index contributed by atoms with van der Waals surface area (Å²) in [6, 6.07) is 11.8. The van der Waals surface area contributed by atoms with E-state index in [2.05, 4.69) is 20.5 Å². The van der Waals surface area contributed by atoms with E-state index in [4.69, 9.17) is 4.42 Å². The number of hydrogen-bond acceptors (Lipinski definition) is 6. The van der Waals surface area contributed by atoms with E-state index < -0.39 is 0 Å². The maximum atomic E-state index is 5.43. The summed E-state index contributed by atoms with van der Waals surface area (Å²) >= 11 is 1.48. The van der Waals surface area contributed by atoms with E-state index in [0.717, 1.165) is 28.3 Å². The highest BCUT2D eigenvalue weighted by molar-refractivity contribution is 7.14. The number of thiazole rings is 1. The Labute approximate surface area is 142 Å². The molecule has 4 rings (SSSR count). The van der Waals surface area contributed by atoms with Gasteiger partial charge in [0, 0.05) is 12.4 Å². The van der Waals surface area contributed by atoms with Crippen LogP contribution < -0.4 is 5.43 Å². The van der Waals surface area contributed by atoms with Gasteiger partial charge in [0.05, 0.1) is 17.2 Å². The van der Waals surface area contributed by atoms with Gasteiger partial charge in [-0.25, -0.2) is 9.97 Å². The molecule has 0 aliphatic carbocycles. The number of nitrogens with zero attached hydrogens (tertiary/aromatic N) is 4. The molecule has 7 heteroatoms. The van der Waals surface area contributed by atoms with Crippen LogP contribution in [0.2, 0.25) is 0 Å². The Balaban J connectivity index is 1.55. The molecule has 0 aliphatic rings. The number of hydrogen-bond donors (Lipinski definition) is 1. The van der Waals surface area contributed by atoms with E-state index in [1.165, 1.54) is 11.3 Å². The summed E-state index contributed by atoms with van der Waals surface area (Å²) in [5.41, 5.74) is 5.80. The number of aryl methyl sites for hydroxylation is 2. The number of furan rings is 1. The van der Waals surface area contributed by atoms with Crippen LogP contribution in [-0.2, 0) is 7.05 Å². The van der Waals surface area contributed by atoms with Gasteiger partial charge in [0.2, 0.25) is 5.13 Å². The van der Waals surface area contributed by atoms with E-state index in [9.17, 15) is 0 Å². The van der Waals surface area contributed by atoms with E-state index in [1.54, 1.807) is 6.21 Å². The predicted octanol–water partition coefficient (Wildman–Crippen LogP) is 4.04. The molecule has 0 bridgehead atoms. The van der Waals surface area contributed by atoms with Crippen molar-refractivity contribution in [3.63, 3.8) is 0 Å². The fourth-order valence-corrected chi connectivity index (χ4v) is 3.11. The number of fused-ring (bicyclic) bond motifs is 1. The molecule has 0 radical (unpaired) electrons. The van der Waals surface area contributed by atoms with Gasteiger partial charge in [-0.1, -0.05) is 12.1 Å². The quantitative estimate of drug-likeness (QED) is 0.451. The zero-order valence-electron chi connectivity index (χ0n) is 13.2. The third-order valence-corrected chi connectivity index (χ3v) is 4.38. The molecule has 0 fully saturated rings. The SMILES string of the molecule is Cc1ccc(/C=N\Nc2nc(-c3nc4ccccc4n3C)cs2)o1. The zero-order chi connectivity index (χ0) is 16.5. The second-order valence-electron chi connectivity index (χ2n) is 5.34. The molecule has 6 nitrogen and oxygen atoms in total. The van der Waals surface area contributed by atoms with Gasteiger partial charge in [-0.05, 0) is 31.2 Å². The second kappa shape index (κ2) is 5.93. The highest BCUT2D eigenvalue weighted by Crippen LogP contribution is 2.26. The van der Waals surface area contributed by atoms with Crippen molar-refractivity contribution in [1.29, 1.82) is 0 Å². The number of hydrazone groups is 1. The molecule has 3 aromatic heterocycles. The molecule has 0 unspecified atom stereocenters. The van der Waals surface area contributed by atoms with Crippen molar-refractivity contribution >= 4 is 33.7 Å². The molecule has 0 spiro atoms. The van der Waals surface area contributed by atoms with Crippen molar-refractivity contribution in [3.8, 4) is 11.5 Å². The fraction of sp³-hybridized carbons (Fsp3) is 0.118. The first-order chi connectivity index (χ1) is 11.7. The van der Waals surface area contributed by atoms with Crippen LogP contribution in [0.4, 0.5) is 5.13 Å². The maximum absolute atomic E-state index is 5.43. The molecule has 1 N–H and O–H groups in total. The molecule has 1 aromatic carbocycles. The molecule has 0 aliphatic heterocycles. The van der Waals surface area contributed by atoms with Gasteiger partial charge >= 0.3 is 0 Å². The first-order valence-electron chi connectivity index (χ1n) is 7.43. The monoisotopic (exact) mass is 337 g/mol. The van der Waals surface area contributed by atoms with Gasteiger partial charge in [0.25, 0.3) is 0 Å². The summed E-state index contributed by atoms with van der Waals surface area (Å²) in [6.07, 6.45) is 1.63. The summed E-state index contributed by atoms with van der Waals surface area (Å²) in [6.45, 7) is 1.90. The smallest absolute Gasteiger partial charge is 0.203 e. The zero-order valence-corrected chi connectivity index (χ0v) is 14.0. The number of para-hydroxylation sites is 2. The Hall–Kier alpha value is -2.93. The minimum Gasteiger partial charge on any atom is -0.460 e. The Morgan fingerprint density at radius 2 is 2.08 bits per heavy atom. The minimum atomic E-state index is 0.701. The van der Waals surface area contributed by atoms with Gasteiger partial charge in [-0.15, -0.1) is 11.3 Å². The Kier molecular flexibility index (Phi) is 3.62. The topological polar surface area (TPSA) is 68.2 Å². The van der Waals surface area contributed by atoms with Crippen LogP contribution in [0.1, 0.15) is 11.5 Å². The number of aromatic nitrogens is 3. The summed E-state index contributed by atoms with van der Waals surface area (Å²) < 4.78 is 7.47. The largest absolute Gasteiger partial charge is 0.460 e. The lowest BCUT2D eigenvalue weighted by molar-refractivity contribution is 0.528. The van der Waals surface area contributed by atoms with Crippen LogP contribution >= 0.6 is 11.3 Å². The summed E-state index contributed by atoms with van der Waals surface area (Å²) in [4.78, 5) is 9.21. The molecule has 0 atom stereocenters. The average molecular weight is 337 g/mol. The number of nitrogens with one attached hydrogen (secondary N) is 1. The summed E-state index contributed by atoms with van der Waals surface area (Å²) in [7, 11) is 1.99. The minimum absolute atomic E-state index is 0.701. The Bertz CT molecular complexity index is 1030. The lowest BCUT2D eigenvalue weighted by Gasteiger charge is -1.98. The molecule has 120 valence electrons. The highest BCUT2D eigenvalue weighted by Gasteiger charge is 2.12. The van der Waals surface area contributed by atoms with Gasteiger partial charge in [-0.3, -0.25) is 5.43 Å². The van der Waals surface area contributed by atoms with Crippen LogP contribution in [-0.4, -0.2) is 20.7 Å². The standard InChI is InChI=1S/C17H15N5OS/c1-11-7-8-12(23-11)9-18-21-17-20-14(10-24-17)16-19-13-5-3-4-6-15(13)22(16)2/h3-10H,1-2H3,(H,20,21)/b18-9-. The molecule has 3 heterocycles. The second-order valence-corrected chi connectivity index (χ2v) is 6.20. The van der Waals surface area contributed by atoms with Crippen molar-refractivity contribution < 1.29 is 4.42 Å². The van der Waals surface area contributed by atoms with Gasteiger partial charge < -0.3 is 8.98 Å². The van der Waals surface area contributed by atoms with E-state index >= 15 is 0 Å². The van der Waals surface area contributed by atoms with Gasteiger partial charge in [0.15, 0.2) is 5.82 Å². The van der Waals surface area contributed by atoms with Crippen LogP contribution in [0.25, 0.3) is 22.6 Å². The molecule has 24 heavy (non-hydrogen) atoms. The van der Waals surface area contributed by atoms with Crippen molar-refractivity contribution in [2.45, 2.75) is 6.92 Å². The summed E-state index contributed by atoms with van der Waals surface area (Å²) in [5, 5.41) is 6.82. The average Bonchev–Trinajstić information content (AvgIpc) is 3.28. The van der Waals surface area contributed by atoms with Gasteiger partial charge in [-0.2, -0.15) is 5.10 Å². The van der Waals surface area contributed by atoms with Crippen molar-refractivity contribution in [3.05, 3.63) is 53.3 Å². The molecule has 0 saturated heterocycles. The first-order valence-corrected chi connectivity index (χ1v) is 8.31. The lowest BCUT2D eigenvalue weighted by atomic mass is 10.3. The van der Waals surface area contributed by atoms with Crippen molar-refractivity contribution in [2.75, 3.05) is 5.43 Å². The third kappa shape index (κ3) is 2.69.